The Morgan fingerprint density at radius 3 is 2.41 bits per heavy atom. The van der Waals surface area contributed by atoms with Gasteiger partial charge in [0, 0.05) is 14.8 Å². The van der Waals surface area contributed by atoms with Crippen molar-refractivity contribution in [1.29, 1.82) is 0 Å². The van der Waals surface area contributed by atoms with Gasteiger partial charge in [0.25, 0.3) is 0 Å². The molecule has 0 aliphatic carbocycles. The molecule has 0 saturated carbocycles. The summed E-state index contributed by atoms with van der Waals surface area (Å²) in [7, 11) is 1.26. The molecule has 6 nitrogen and oxygen atoms in total. The molecular formula is C29H32ClNO5S. The highest BCUT2D eigenvalue weighted by atomic mass is 35.5. The summed E-state index contributed by atoms with van der Waals surface area (Å²) in [5.74, 6) is 0.310. The highest BCUT2D eigenvalue weighted by Crippen LogP contribution is 2.34. The van der Waals surface area contributed by atoms with E-state index < -0.39 is 17.6 Å². The molecule has 0 radical (unpaired) electrons. The predicted octanol–water partition coefficient (Wildman–Crippen LogP) is 7.07. The number of rotatable bonds is 12. The van der Waals surface area contributed by atoms with Crippen molar-refractivity contribution in [2.45, 2.75) is 55.0 Å². The fraction of sp³-hybridized carbons (Fsp3) is 0.310. The average Bonchev–Trinajstić information content (AvgIpc) is 2.91. The van der Waals surface area contributed by atoms with Gasteiger partial charge in [-0.2, -0.15) is 0 Å². The number of amides is 1. The van der Waals surface area contributed by atoms with Crippen LogP contribution in [-0.4, -0.2) is 31.3 Å². The molecule has 0 aliphatic rings. The second-order valence-corrected chi connectivity index (χ2v) is 9.93. The normalized spacial score (nSPS) is 12.3. The van der Waals surface area contributed by atoms with E-state index in [0.717, 1.165) is 26.7 Å². The lowest BCUT2D eigenvalue weighted by molar-refractivity contribution is -0.151. The topological polar surface area (TPSA) is 73.9 Å². The fourth-order valence-corrected chi connectivity index (χ4v) is 5.03. The first-order valence-electron chi connectivity index (χ1n) is 12.2. The van der Waals surface area contributed by atoms with Gasteiger partial charge in [-0.1, -0.05) is 72.8 Å². The lowest BCUT2D eigenvalue weighted by Gasteiger charge is -2.31. The smallest absolute Gasteiger partial charge is 0.407 e. The number of aryl methyl sites for hydroxylation is 1. The Labute approximate surface area is 227 Å². The number of halogens is 1. The van der Waals surface area contributed by atoms with Gasteiger partial charge in [-0.25, -0.2) is 9.59 Å². The van der Waals surface area contributed by atoms with Gasteiger partial charge in [-0.3, -0.25) is 0 Å². The van der Waals surface area contributed by atoms with Gasteiger partial charge in [-0.15, -0.1) is 0 Å². The van der Waals surface area contributed by atoms with Gasteiger partial charge in [0.15, 0.2) is 0 Å². The highest BCUT2D eigenvalue weighted by molar-refractivity contribution is 7.99. The van der Waals surface area contributed by atoms with Crippen LogP contribution in [0, 0.1) is 0 Å². The summed E-state index contributed by atoms with van der Waals surface area (Å²) >= 11 is 8.21. The van der Waals surface area contributed by atoms with E-state index in [0.29, 0.717) is 30.9 Å². The molecule has 3 aromatic carbocycles. The van der Waals surface area contributed by atoms with Crippen molar-refractivity contribution in [3.63, 3.8) is 0 Å². The molecule has 0 fully saturated rings. The second-order valence-electron chi connectivity index (χ2n) is 8.38. The molecule has 0 spiro atoms. The zero-order chi connectivity index (χ0) is 26.7. The van der Waals surface area contributed by atoms with Gasteiger partial charge in [0.1, 0.15) is 17.9 Å². The summed E-state index contributed by atoms with van der Waals surface area (Å²) in [6.45, 7) is 4.28. The van der Waals surface area contributed by atoms with Crippen LogP contribution in [0.2, 0.25) is 5.02 Å². The third-order valence-corrected chi connectivity index (χ3v) is 7.26. The molecular weight excluding hydrogens is 510 g/mol. The summed E-state index contributed by atoms with van der Waals surface area (Å²) in [4.78, 5) is 26.7. The minimum Gasteiger partial charge on any atom is -0.489 e. The molecule has 0 heterocycles. The maximum atomic E-state index is 12.7. The van der Waals surface area contributed by atoms with Crippen molar-refractivity contribution < 1.29 is 23.8 Å². The van der Waals surface area contributed by atoms with Crippen LogP contribution >= 0.6 is 23.4 Å². The van der Waals surface area contributed by atoms with Gasteiger partial charge in [-0.05, 0) is 67.6 Å². The van der Waals surface area contributed by atoms with E-state index >= 15 is 0 Å². The fourth-order valence-electron chi connectivity index (χ4n) is 3.79. The van der Waals surface area contributed by atoms with E-state index in [-0.39, 0.29) is 6.61 Å². The third kappa shape index (κ3) is 8.17. The van der Waals surface area contributed by atoms with Crippen LogP contribution in [0.25, 0.3) is 0 Å². The molecule has 0 aliphatic heterocycles. The zero-order valence-electron chi connectivity index (χ0n) is 21.3. The summed E-state index contributed by atoms with van der Waals surface area (Å²) in [5.41, 5.74) is 0.791. The Hall–Kier alpha value is -3.16. The van der Waals surface area contributed by atoms with Gasteiger partial charge in [0.05, 0.1) is 13.7 Å². The monoisotopic (exact) mass is 541 g/mol. The van der Waals surface area contributed by atoms with Crippen LogP contribution in [-0.2, 0) is 27.3 Å². The number of hydrogen-bond acceptors (Lipinski definition) is 6. The van der Waals surface area contributed by atoms with Crippen LogP contribution in [0.15, 0.2) is 82.6 Å². The van der Waals surface area contributed by atoms with Crippen molar-refractivity contribution in [2.24, 2.45) is 0 Å². The maximum Gasteiger partial charge on any atom is 0.407 e. The molecule has 0 bridgehead atoms. The first-order valence-corrected chi connectivity index (χ1v) is 13.3. The molecule has 3 rings (SSSR count). The zero-order valence-corrected chi connectivity index (χ0v) is 22.9. The van der Waals surface area contributed by atoms with Crippen molar-refractivity contribution in [2.75, 3.05) is 13.7 Å². The maximum absolute atomic E-state index is 12.7. The van der Waals surface area contributed by atoms with Gasteiger partial charge in [0.2, 0.25) is 0 Å². The molecule has 0 saturated heterocycles. The van der Waals surface area contributed by atoms with E-state index in [1.54, 1.807) is 18.7 Å². The van der Waals surface area contributed by atoms with Crippen molar-refractivity contribution in [3.8, 4) is 5.75 Å². The van der Waals surface area contributed by atoms with Crippen LogP contribution in [0.4, 0.5) is 4.79 Å². The van der Waals surface area contributed by atoms with Crippen molar-refractivity contribution >= 4 is 35.4 Å². The van der Waals surface area contributed by atoms with Crippen molar-refractivity contribution in [3.05, 3.63) is 88.9 Å². The summed E-state index contributed by atoms with van der Waals surface area (Å²) in [6.07, 6.45) is 0.478. The van der Waals surface area contributed by atoms with E-state index in [9.17, 15) is 9.59 Å². The number of esters is 1. The molecule has 1 atom stereocenters. The quantitative estimate of drug-likeness (QED) is 0.247. The van der Waals surface area contributed by atoms with Gasteiger partial charge < -0.3 is 19.5 Å². The molecule has 1 unspecified atom stereocenters. The Morgan fingerprint density at radius 1 is 0.973 bits per heavy atom. The third-order valence-electron chi connectivity index (χ3n) is 5.93. The summed E-state index contributed by atoms with van der Waals surface area (Å²) in [6, 6.07) is 23.8. The lowest BCUT2D eigenvalue weighted by atomic mass is 9.88. The molecule has 196 valence electrons. The van der Waals surface area contributed by atoms with Crippen molar-refractivity contribution in [1.82, 2.24) is 5.32 Å². The molecule has 1 amide bonds. The van der Waals surface area contributed by atoms with Crippen LogP contribution in [0.1, 0.15) is 37.8 Å². The number of nitrogens with one attached hydrogen (secondary N) is 1. The second kappa shape index (κ2) is 14.0. The summed E-state index contributed by atoms with van der Waals surface area (Å²) in [5, 5.41) is 3.27. The minimum atomic E-state index is -1.19. The SMILES string of the molecule is CCOC(=O)C(CC)(CCc1ccc(Sc2cccc(OCc3ccccc3)c2)cc1Cl)NC(=O)OC. The van der Waals surface area contributed by atoms with Crippen LogP contribution in [0.5, 0.6) is 5.75 Å². The highest BCUT2D eigenvalue weighted by Gasteiger charge is 2.40. The first-order chi connectivity index (χ1) is 17.9. The number of carbonyl (C=O) groups excluding carboxylic acids is 2. The number of alkyl carbamates (subject to hydrolysis) is 1. The Bertz CT molecular complexity index is 1190. The molecule has 37 heavy (non-hydrogen) atoms. The van der Waals surface area contributed by atoms with E-state index in [1.165, 1.54) is 7.11 Å². The number of hydrogen-bond donors (Lipinski definition) is 1. The number of methoxy groups -OCH3 is 1. The molecule has 0 aromatic heterocycles. The Kier molecular flexibility index (Phi) is 10.7. The number of benzene rings is 3. The van der Waals surface area contributed by atoms with Gasteiger partial charge >= 0.3 is 12.1 Å². The lowest BCUT2D eigenvalue weighted by Crippen LogP contribution is -2.55. The number of ether oxygens (including phenoxy) is 3. The van der Waals surface area contributed by atoms with Crippen LogP contribution < -0.4 is 10.1 Å². The van der Waals surface area contributed by atoms with Crippen LogP contribution in [0.3, 0.4) is 0 Å². The number of carbonyl (C=O) groups is 2. The standard InChI is InChI=1S/C29H32ClNO5S/c1-4-29(27(32)35-5-2,31-28(33)34-3)17-16-22-14-15-25(19-26(22)30)37-24-13-9-12-23(18-24)36-20-21-10-7-6-8-11-21/h6-15,18-19H,4-5,16-17,20H2,1-3H3,(H,31,33). The molecule has 8 heteroatoms. The predicted molar refractivity (Wildman–Crippen MR) is 146 cm³/mol. The van der Waals surface area contributed by atoms with E-state index in [1.807, 2.05) is 79.7 Å². The first kappa shape index (κ1) is 28.4. The molecule has 3 aromatic rings. The molecule has 1 N–H and O–H groups in total. The minimum absolute atomic E-state index is 0.217. The average molecular weight is 542 g/mol. The Balaban J connectivity index is 1.67. The summed E-state index contributed by atoms with van der Waals surface area (Å²) < 4.78 is 15.9. The van der Waals surface area contributed by atoms with E-state index in [2.05, 4.69) is 5.32 Å². The Morgan fingerprint density at radius 2 is 1.73 bits per heavy atom. The van der Waals surface area contributed by atoms with E-state index in [4.69, 9.17) is 25.8 Å². The largest absolute Gasteiger partial charge is 0.489 e.